The Hall–Kier alpha value is -0.990. The van der Waals surface area contributed by atoms with Gasteiger partial charge in [-0.05, 0) is 17.7 Å². The summed E-state index contributed by atoms with van der Waals surface area (Å²) in [6.45, 7) is -0.624. The molecule has 0 amide bonds. The zero-order valence-electron chi connectivity index (χ0n) is 8.31. The maximum Gasteiger partial charge on any atom is 0.238 e. The molecule has 5 N–H and O–H groups in total. The molecule has 0 fully saturated rings. The fraction of sp³-hybridized carbons (Fsp3) is 0.333. The number of hydrogen-bond donors (Lipinski definition) is 4. The Morgan fingerprint density at radius 1 is 1.31 bits per heavy atom. The predicted molar refractivity (Wildman–Crippen MR) is 55.9 cm³/mol. The molecule has 0 heterocycles. The van der Waals surface area contributed by atoms with Crippen molar-refractivity contribution in [1.82, 2.24) is 0 Å². The summed E-state index contributed by atoms with van der Waals surface area (Å²) in [7, 11) is -3.85. The van der Waals surface area contributed by atoms with Crippen molar-refractivity contribution < 1.29 is 23.7 Å². The molecule has 0 saturated heterocycles. The van der Waals surface area contributed by atoms with E-state index in [1.807, 2.05) is 0 Å². The molecule has 1 aromatic rings. The van der Waals surface area contributed by atoms with Gasteiger partial charge in [0.25, 0.3) is 0 Å². The Balaban J connectivity index is 3.08. The molecule has 7 heteroatoms. The summed E-state index contributed by atoms with van der Waals surface area (Å²) in [4.78, 5) is -0.158. The fourth-order valence-electron chi connectivity index (χ4n) is 1.20. The third-order valence-corrected chi connectivity index (χ3v) is 2.99. The highest BCUT2D eigenvalue weighted by molar-refractivity contribution is 7.89. The van der Waals surface area contributed by atoms with Gasteiger partial charge in [0.2, 0.25) is 10.0 Å². The van der Waals surface area contributed by atoms with Gasteiger partial charge in [0.15, 0.2) is 0 Å². The number of sulfonamides is 1. The molecule has 2 atom stereocenters. The molecular weight excluding hydrogens is 234 g/mol. The monoisotopic (exact) mass is 247 g/mol. The Morgan fingerprint density at radius 3 is 2.44 bits per heavy atom. The number of nitrogens with two attached hydrogens (primary N) is 1. The van der Waals surface area contributed by atoms with E-state index in [1.165, 1.54) is 18.2 Å². The third-order valence-electron chi connectivity index (χ3n) is 2.08. The van der Waals surface area contributed by atoms with Crippen molar-refractivity contribution in [3.8, 4) is 0 Å². The summed E-state index contributed by atoms with van der Waals surface area (Å²) in [5.41, 5.74) is 0.174. The topological polar surface area (TPSA) is 121 Å². The predicted octanol–water partition coefficient (Wildman–Crippen LogP) is -1.28. The summed E-state index contributed by atoms with van der Waals surface area (Å²) in [5, 5.41) is 32.3. The number of benzene rings is 1. The molecule has 0 bridgehead atoms. The van der Waals surface area contributed by atoms with Crippen molar-refractivity contribution in [2.45, 2.75) is 17.1 Å². The molecule has 0 aromatic heterocycles. The first-order valence-corrected chi connectivity index (χ1v) is 6.00. The molecule has 1 aromatic carbocycles. The van der Waals surface area contributed by atoms with Crippen LogP contribution in [0.5, 0.6) is 0 Å². The van der Waals surface area contributed by atoms with Crippen LogP contribution in [0.25, 0.3) is 0 Å². The van der Waals surface area contributed by atoms with Crippen molar-refractivity contribution in [1.29, 1.82) is 0 Å². The van der Waals surface area contributed by atoms with Crippen molar-refractivity contribution in [2.75, 3.05) is 6.61 Å². The second-order valence-electron chi connectivity index (χ2n) is 3.31. The largest absolute Gasteiger partial charge is 0.394 e. The van der Waals surface area contributed by atoms with E-state index in [-0.39, 0.29) is 10.5 Å². The maximum atomic E-state index is 11.0. The van der Waals surface area contributed by atoms with Crippen molar-refractivity contribution in [3.63, 3.8) is 0 Å². The first-order chi connectivity index (χ1) is 7.36. The van der Waals surface area contributed by atoms with Gasteiger partial charge in [0, 0.05) is 0 Å². The van der Waals surface area contributed by atoms with E-state index >= 15 is 0 Å². The van der Waals surface area contributed by atoms with Crippen LogP contribution in [0.4, 0.5) is 0 Å². The van der Waals surface area contributed by atoms with Gasteiger partial charge in [0.1, 0.15) is 12.2 Å². The standard InChI is InChI=1S/C9H13NO5S/c10-16(14,15)7-3-1-2-6(4-7)9(13)8(12)5-11/h1-4,8-9,11-13H,5H2,(H2,10,14,15). The molecule has 2 unspecified atom stereocenters. The third kappa shape index (κ3) is 3.00. The minimum atomic E-state index is -3.85. The highest BCUT2D eigenvalue weighted by atomic mass is 32.2. The van der Waals surface area contributed by atoms with Crippen LogP contribution in [0.2, 0.25) is 0 Å². The SMILES string of the molecule is NS(=O)(=O)c1cccc(C(O)C(O)CO)c1. The highest BCUT2D eigenvalue weighted by Crippen LogP contribution is 2.19. The van der Waals surface area contributed by atoms with Gasteiger partial charge in [-0.2, -0.15) is 0 Å². The van der Waals surface area contributed by atoms with E-state index in [2.05, 4.69) is 0 Å². The summed E-state index contributed by atoms with van der Waals surface area (Å²) < 4.78 is 22.1. The van der Waals surface area contributed by atoms with Crippen LogP contribution < -0.4 is 5.14 Å². The minimum absolute atomic E-state index is 0.158. The molecule has 0 saturated carbocycles. The van der Waals surface area contributed by atoms with Crippen molar-refractivity contribution >= 4 is 10.0 Å². The molecule has 0 aliphatic heterocycles. The molecule has 1 rings (SSSR count). The van der Waals surface area contributed by atoms with Crippen LogP contribution >= 0.6 is 0 Å². The van der Waals surface area contributed by atoms with Gasteiger partial charge in [-0.25, -0.2) is 13.6 Å². The lowest BCUT2D eigenvalue weighted by molar-refractivity contribution is -0.0153. The Morgan fingerprint density at radius 2 is 1.94 bits per heavy atom. The number of rotatable bonds is 4. The van der Waals surface area contributed by atoms with Gasteiger partial charge in [-0.3, -0.25) is 0 Å². The van der Waals surface area contributed by atoms with E-state index in [1.54, 1.807) is 0 Å². The molecule has 0 aliphatic rings. The van der Waals surface area contributed by atoms with Gasteiger partial charge in [0.05, 0.1) is 11.5 Å². The molecule has 0 radical (unpaired) electrons. The van der Waals surface area contributed by atoms with Crippen LogP contribution in [0.3, 0.4) is 0 Å². The van der Waals surface area contributed by atoms with Crippen molar-refractivity contribution in [3.05, 3.63) is 29.8 Å². The lowest BCUT2D eigenvalue weighted by Crippen LogP contribution is -2.22. The van der Waals surface area contributed by atoms with Gasteiger partial charge in [-0.15, -0.1) is 0 Å². The Kier molecular flexibility index (Phi) is 4.00. The Labute approximate surface area is 93.0 Å². The second-order valence-corrected chi connectivity index (χ2v) is 4.87. The van der Waals surface area contributed by atoms with E-state index in [0.29, 0.717) is 0 Å². The summed E-state index contributed by atoms with van der Waals surface area (Å²) >= 11 is 0. The lowest BCUT2D eigenvalue weighted by Gasteiger charge is -2.16. The second kappa shape index (κ2) is 4.89. The van der Waals surface area contributed by atoms with Crippen LogP contribution in [0.15, 0.2) is 29.2 Å². The van der Waals surface area contributed by atoms with Crippen LogP contribution in [0, 0.1) is 0 Å². The average Bonchev–Trinajstić information content (AvgIpc) is 2.26. The molecule has 0 spiro atoms. The molecule has 90 valence electrons. The summed E-state index contributed by atoms with van der Waals surface area (Å²) in [6.07, 6.45) is -2.72. The van der Waals surface area contributed by atoms with E-state index in [9.17, 15) is 18.6 Å². The zero-order chi connectivity index (χ0) is 12.3. The van der Waals surface area contributed by atoms with Gasteiger partial charge < -0.3 is 15.3 Å². The minimum Gasteiger partial charge on any atom is -0.394 e. The normalized spacial score (nSPS) is 15.8. The molecule has 6 nitrogen and oxygen atoms in total. The fourth-order valence-corrected chi connectivity index (χ4v) is 1.77. The lowest BCUT2D eigenvalue weighted by atomic mass is 10.1. The maximum absolute atomic E-state index is 11.0. The Bertz CT molecular complexity index is 459. The average molecular weight is 247 g/mol. The van der Waals surface area contributed by atoms with E-state index < -0.39 is 28.8 Å². The van der Waals surface area contributed by atoms with Gasteiger partial charge >= 0.3 is 0 Å². The zero-order valence-corrected chi connectivity index (χ0v) is 9.13. The molecular formula is C9H13NO5S. The number of primary sulfonamides is 1. The van der Waals surface area contributed by atoms with E-state index in [0.717, 1.165) is 6.07 Å². The van der Waals surface area contributed by atoms with E-state index in [4.69, 9.17) is 10.2 Å². The van der Waals surface area contributed by atoms with Crippen molar-refractivity contribution in [2.24, 2.45) is 5.14 Å². The van der Waals surface area contributed by atoms with Crippen LogP contribution in [0.1, 0.15) is 11.7 Å². The van der Waals surface area contributed by atoms with Gasteiger partial charge in [-0.1, -0.05) is 12.1 Å². The summed E-state index contributed by atoms with van der Waals surface area (Å²) in [6, 6.07) is 5.25. The first kappa shape index (κ1) is 13.1. The smallest absolute Gasteiger partial charge is 0.238 e. The number of aliphatic hydroxyl groups is 3. The number of hydrogen-bond acceptors (Lipinski definition) is 5. The molecule has 0 aliphatic carbocycles. The quantitative estimate of drug-likeness (QED) is 0.528. The number of aliphatic hydroxyl groups excluding tert-OH is 3. The highest BCUT2D eigenvalue weighted by Gasteiger charge is 2.19. The summed E-state index contributed by atoms with van der Waals surface area (Å²) in [5.74, 6) is 0. The van der Waals surface area contributed by atoms with Crippen LogP contribution in [-0.4, -0.2) is 36.4 Å². The first-order valence-electron chi connectivity index (χ1n) is 4.46. The molecule has 16 heavy (non-hydrogen) atoms. The van der Waals surface area contributed by atoms with Crippen LogP contribution in [-0.2, 0) is 10.0 Å².